The van der Waals surface area contributed by atoms with Gasteiger partial charge in [-0.05, 0) is 18.5 Å². The fourth-order valence-electron chi connectivity index (χ4n) is 0.923. The Balaban J connectivity index is 2.44. The second-order valence-electron chi connectivity index (χ2n) is 2.28. The van der Waals surface area contributed by atoms with E-state index in [9.17, 15) is 0 Å². The number of rotatable bonds is 1. The Morgan fingerprint density at radius 2 is 2.50 bits per heavy atom. The highest BCUT2D eigenvalue weighted by atomic mass is 35.5. The van der Waals surface area contributed by atoms with Gasteiger partial charge in [0.15, 0.2) is 0 Å². The van der Waals surface area contributed by atoms with Gasteiger partial charge in [0.1, 0.15) is 10.4 Å². The number of halogens is 1. The largest absolute Gasteiger partial charge is 0.368 e. The summed E-state index contributed by atoms with van der Waals surface area (Å²) >= 11 is 7.19. The van der Waals surface area contributed by atoms with E-state index in [2.05, 4.69) is 4.37 Å². The summed E-state index contributed by atoms with van der Waals surface area (Å²) in [5, 5.41) is 0. The van der Waals surface area contributed by atoms with Crippen molar-refractivity contribution in [2.24, 2.45) is 0 Å². The van der Waals surface area contributed by atoms with E-state index in [4.69, 9.17) is 16.3 Å². The Bertz CT molecular complexity index is 237. The number of hydrogen-bond donors (Lipinski definition) is 0. The summed E-state index contributed by atoms with van der Waals surface area (Å²) in [6.07, 6.45) is 0.242. The van der Waals surface area contributed by atoms with Gasteiger partial charge < -0.3 is 4.74 Å². The topological polar surface area (TPSA) is 25.4 Å². The zero-order chi connectivity index (χ0) is 7.14. The van der Waals surface area contributed by atoms with E-state index in [-0.39, 0.29) is 6.10 Å². The maximum absolute atomic E-state index is 5.86. The summed E-state index contributed by atoms with van der Waals surface area (Å²) in [4.78, 5) is 0. The lowest BCUT2D eigenvalue weighted by Crippen LogP contribution is -1.81. The molecule has 1 saturated heterocycles. The second kappa shape index (κ2) is 2.19. The van der Waals surface area contributed by atoms with Gasteiger partial charge >= 0.3 is 0 Å². The van der Waals surface area contributed by atoms with Crippen molar-refractivity contribution in [2.75, 3.05) is 6.61 Å². The number of aryl methyl sites for hydroxylation is 1. The highest BCUT2D eigenvalue weighted by Gasteiger charge is 2.30. The Kier molecular flexibility index (Phi) is 1.44. The van der Waals surface area contributed by atoms with Crippen molar-refractivity contribution in [2.45, 2.75) is 13.0 Å². The minimum absolute atomic E-state index is 0.242. The van der Waals surface area contributed by atoms with E-state index in [1.165, 1.54) is 11.5 Å². The van der Waals surface area contributed by atoms with Crippen LogP contribution >= 0.6 is 23.1 Å². The Labute approximate surface area is 67.9 Å². The van der Waals surface area contributed by atoms with Crippen LogP contribution in [-0.4, -0.2) is 11.0 Å². The van der Waals surface area contributed by atoms with Crippen LogP contribution in [0.3, 0.4) is 0 Å². The zero-order valence-electron chi connectivity index (χ0n) is 5.43. The number of ether oxygens (including phenoxy) is 1. The first-order chi connectivity index (χ1) is 4.79. The monoisotopic (exact) mass is 175 g/mol. The summed E-state index contributed by atoms with van der Waals surface area (Å²) in [6, 6.07) is 0. The molecule has 0 saturated carbocycles. The molecule has 0 aliphatic carbocycles. The molecule has 1 atom stereocenters. The van der Waals surface area contributed by atoms with Crippen LogP contribution in [0.1, 0.15) is 17.4 Å². The second-order valence-corrected chi connectivity index (χ2v) is 3.65. The van der Waals surface area contributed by atoms with Crippen molar-refractivity contribution in [3.05, 3.63) is 15.6 Å². The van der Waals surface area contributed by atoms with E-state index < -0.39 is 0 Å². The average Bonchev–Trinajstić information content (AvgIpc) is 2.64. The average molecular weight is 176 g/mol. The van der Waals surface area contributed by atoms with Gasteiger partial charge in [0.05, 0.1) is 12.3 Å². The first-order valence-corrected chi connectivity index (χ1v) is 4.17. The molecule has 0 radical (unpaired) electrons. The minimum atomic E-state index is 0.242. The molecular weight excluding hydrogens is 170 g/mol. The van der Waals surface area contributed by atoms with E-state index in [0.717, 1.165) is 22.2 Å². The minimum Gasteiger partial charge on any atom is -0.368 e. The molecule has 1 fully saturated rings. The lowest BCUT2D eigenvalue weighted by Gasteiger charge is -1.89. The normalized spacial score (nSPS) is 23.2. The Hall–Kier alpha value is -0.120. The van der Waals surface area contributed by atoms with Crippen molar-refractivity contribution in [1.29, 1.82) is 0 Å². The molecule has 2 nitrogen and oxygen atoms in total. The summed E-state index contributed by atoms with van der Waals surface area (Å²) < 4.78 is 9.98. The molecule has 0 bridgehead atoms. The standard InChI is InChI=1S/C6H6ClNOS/c1-3-5(4-2-9-4)6(7)10-8-3/h4H,2H2,1H3. The first-order valence-electron chi connectivity index (χ1n) is 3.02. The smallest absolute Gasteiger partial charge is 0.120 e. The number of aromatic nitrogens is 1. The summed E-state index contributed by atoms with van der Waals surface area (Å²) in [6.45, 7) is 2.76. The fourth-order valence-corrected chi connectivity index (χ4v) is 1.98. The molecule has 2 rings (SSSR count). The van der Waals surface area contributed by atoms with Gasteiger partial charge in [-0.25, -0.2) is 0 Å². The molecule has 10 heavy (non-hydrogen) atoms. The van der Waals surface area contributed by atoms with Crippen LogP contribution in [0, 0.1) is 6.92 Å². The van der Waals surface area contributed by atoms with E-state index in [1.807, 2.05) is 6.92 Å². The Morgan fingerprint density at radius 1 is 1.80 bits per heavy atom. The number of epoxide rings is 1. The summed E-state index contributed by atoms with van der Waals surface area (Å²) in [7, 11) is 0. The molecule has 0 aromatic carbocycles. The van der Waals surface area contributed by atoms with Gasteiger partial charge in [0.25, 0.3) is 0 Å². The summed E-state index contributed by atoms with van der Waals surface area (Å²) in [5.41, 5.74) is 2.10. The lowest BCUT2D eigenvalue weighted by molar-refractivity contribution is 0.415. The van der Waals surface area contributed by atoms with E-state index >= 15 is 0 Å². The molecule has 1 unspecified atom stereocenters. The molecule has 0 N–H and O–H groups in total. The highest BCUT2D eigenvalue weighted by molar-refractivity contribution is 7.10. The van der Waals surface area contributed by atoms with Gasteiger partial charge in [-0.2, -0.15) is 4.37 Å². The number of nitrogens with zero attached hydrogens (tertiary/aromatic N) is 1. The molecule has 1 aromatic heterocycles. The molecule has 2 heterocycles. The van der Waals surface area contributed by atoms with Crippen LogP contribution in [0.15, 0.2) is 0 Å². The zero-order valence-corrected chi connectivity index (χ0v) is 7.00. The predicted molar refractivity (Wildman–Crippen MR) is 40.6 cm³/mol. The van der Waals surface area contributed by atoms with E-state index in [1.54, 1.807) is 0 Å². The van der Waals surface area contributed by atoms with Crippen LogP contribution in [0.2, 0.25) is 4.34 Å². The van der Waals surface area contributed by atoms with Crippen molar-refractivity contribution >= 4 is 23.1 Å². The predicted octanol–water partition coefficient (Wildman–Crippen LogP) is 2.18. The van der Waals surface area contributed by atoms with Gasteiger partial charge in [0.2, 0.25) is 0 Å². The van der Waals surface area contributed by atoms with Crippen LogP contribution in [0.5, 0.6) is 0 Å². The Morgan fingerprint density at radius 3 is 2.90 bits per heavy atom. The third-order valence-electron chi connectivity index (χ3n) is 1.52. The third kappa shape index (κ3) is 0.944. The van der Waals surface area contributed by atoms with Crippen molar-refractivity contribution in [1.82, 2.24) is 4.37 Å². The van der Waals surface area contributed by atoms with E-state index in [0.29, 0.717) is 0 Å². The van der Waals surface area contributed by atoms with Gasteiger partial charge in [-0.1, -0.05) is 11.6 Å². The fraction of sp³-hybridized carbons (Fsp3) is 0.500. The molecule has 1 aliphatic rings. The van der Waals surface area contributed by atoms with Crippen molar-refractivity contribution in [3.8, 4) is 0 Å². The maximum Gasteiger partial charge on any atom is 0.120 e. The number of hydrogen-bond acceptors (Lipinski definition) is 3. The molecule has 0 amide bonds. The van der Waals surface area contributed by atoms with Crippen LogP contribution in [0.25, 0.3) is 0 Å². The molecular formula is C6H6ClNOS. The van der Waals surface area contributed by atoms with Gasteiger partial charge in [0, 0.05) is 5.56 Å². The molecule has 1 aromatic rings. The van der Waals surface area contributed by atoms with Crippen molar-refractivity contribution in [3.63, 3.8) is 0 Å². The van der Waals surface area contributed by atoms with Crippen molar-refractivity contribution < 1.29 is 4.74 Å². The third-order valence-corrected chi connectivity index (χ3v) is 2.68. The molecule has 54 valence electrons. The molecule has 1 aliphatic heterocycles. The first kappa shape index (κ1) is 6.58. The van der Waals surface area contributed by atoms with Crippen LogP contribution in [-0.2, 0) is 4.74 Å². The maximum atomic E-state index is 5.86. The van der Waals surface area contributed by atoms with Gasteiger partial charge in [-0.15, -0.1) is 0 Å². The lowest BCUT2D eigenvalue weighted by atomic mass is 10.2. The quantitative estimate of drug-likeness (QED) is 0.612. The summed E-state index contributed by atoms with van der Waals surface area (Å²) in [5.74, 6) is 0. The highest BCUT2D eigenvalue weighted by Crippen LogP contribution is 2.38. The van der Waals surface area contributed by atoms with Crippen LogP contribution in [0.4, 0.5) is 0 Å². The SMILES string of the molecule is Cc1nsc(Cl)c1C1CO1. The van der Waals surface area contributed by atoms with Crippen LogP contribution < -0.4 is 0 Å². The molecule has 0 spiro atoms. The molecule has 4 heteroatoms. The van der Waals surface area contributed by atoms with Gasteiger partial charge in [-0.3, -0.25) is 0 Å².